The van der Waals surface area contributed by atoms with Gasteiger partial charge in [-0.05, 0) is 24.3 Å². The number of rotatable bonds is 2. The second-order valence-electron chi connectivity index (χ2n) is 4.27. The molecule has 0 saturated heterocycles. The van der Waals surface area contributed by atoms with Crippen LogP contribution in [-0.2, 0) is 6.54 Å². The summed E-state index contributed by atoms with van der Waals surface area (Å²) < 4.78 is 14.8. The summed E-state index contributed by atoms with van der Waals surface area (Å²) >= 11 is 5.95. The molecule has 0 aliphatic rings. The first-order chi connectivity index (χ1) is 9.66. The van der Waals surface area contributed by atoms with Crippen molar-refractivity contribution >= 4 is 22.5 Å². The molecule has 3 rings (SSSR count). The highest BCUT2D eigenvalue weighted by Crippen LogP contribution is 2.19. The van der Waals surface area contributed by atoms with E-state index in [1.807, 2.05) is 0 Å². The predicted molar refractivity (Wildman–Crippen MR) is 74.3 cm³/mol. The maximum atomic E-state index is 13.7. The maximum Gasteiger partial charge on any atom is 0.277 e. The molecule has 0 bridgehead atoms. The summed E-state index contributed by atoms with van der Waals surface area (Å²) in [5, 5.41) is 8.45. The molecule has 4 nitrogen and oxygen atoms in total. The van der Waals surface area contributed by atoms with Gasteiger partial charge >= 0.3 is 0 Å². The van der Waals surface area contributed by atoms with Crippen LogP contribution in [0, 0.1) is 5.82 Å². The van der Waals surface area contributed by atoms with E-state index in [1.165, 1.54) is 12.1 Å². The minimum Gasteiger partial charge on any atom is -0.267 e. The molecule has 6 heteroatoms. The third-order valence-electron chi connectivity index (χ3n) is 3.00. The summed E-state index contributed by atoms with van der Waals surface area (Å²) in [5.41, 5.74) is 0.407. The number of halogens is 2. The van der Waals surface area contributed by atoms with Gasteiger partial charge in [0.25, 0.3) is 5.56 Å². The highest BCUT2D eigenvalue weighted by Gasteiger charge is 2.11. The first-order valence-corrected chi connectivity index (χ1v) is 6.30. The van der Waals surface area contributed by atoms with Crippen LogP contribution in [0.4, 0.5) is 4.39 Å². The van der Waals surface area contributed by atoms with E-state index in [9.17, 15) is 9.18 Å². The van der Waals surface area contributed by atoms with Crippen LogP contribution in [-0.4, -0.2) is 15.0 Å². The van der Waals surface area contributed by atoms with Gasteiger partial charge in [0.05, 0.1) is 11.9 Å². The molecule has 1 heterocycles. The van der Waals surface area contributed by atoms with Gasteiger partial charge in [0.1, 0.15) is 11.3 Å². The molecular formula is C14H9ClFN3O. The summed E-state index contributed by atoms with van der Waals surface area (Å²) in [5.74, 6) is -0.473. The fourth-order valence-electron chi connectivity index (χ4n) is 1.96. The van der Waals surface area contributed by atoms with Crippen molar-refractivity contribution < 1.29 is 4.39 Å². The third kappa shape index (κ3) is 2.16. The molecule has 0 spiro atoms. The molecule has 100 valence electrons. The molecule has 0 aliphatic heterocycles. The van der Waals surface area contributed by atoms with Gasteiger partial charge in [0, 0.05) is 10.6 Å². The van der Waals surface area contributed by atoms with E-state index in [-0.39, 0.29) is 22.7 Å². The molecule has 2 aromatic carbocycles. The second kappa shape index (κ2) is 5.02. The number of hydrogen-bond donors (Lipinski definition) is 0. The number of nitrogens with zero attached hydrogens (tertiary/aromatic N) is 3. The van der Waals surface area contributed by atoms with E-state index < -0.39 is 5.82 Å². The van der Waals surface area contributed by atoms with Gasteiger partial charge in [0.2, 0.25) is 0 Å². The van der Waals surface area contributed by atoms with Gasteiger partial charge in [-0.25, -0.2) is 9.07 Å². The quantitative estimate of drug-likeness (QED) is 0.728. The predicted octanol–water partition coefficient (Wildman–Crippen LogP) is 2.63. The zero-order valence-electron chi connectivity index (χ0n) is 10.3. The second-order valence-corrected chi connectivity index (χ2v) is 4.68. The first-order valence-electron chi connectivity index (χ1n) is 5.92. The SMILES string of the molecule is O=c1c2ccccc2nnn1Cc1c(F)cccc1Cl. The summed E-state index contributed by atoms with van der Waals surface area (Å²) in [6, 6.07) is 11.2. The fourth-order valence-corrected chi connectivity index (χ4v) is 2.18. The lowest BCUT2D eigenvalue weighted by molar-refractivity contribution is 0.557. The summed E-state index contributed by atoms with van der Waals surface area (Å²) in [7, 11) is 0. The van der Waals surface area contributed by atoms with E-state index in [2.05, 4.69) is 10.3 Å². The summed E-state index contributed by atoms with van der Waals surface area (Å²) in [4.78, 5) is 12.3. The Morgan fingerprint density at radius 1 is 1.15 bits per heavy atom. The minimum atomic E-state index is -0.473. The standard InChI is InChI=1S/C14H9ClFN3O/c15-11-5-3-6-12(16)10(11)8-19-14(20)9-4-1-2-7-13(9)17-18-19/h1-7H,8H2. The Kier molecular flexibility index (Phi) is 3.20. The lowest BCUT2D eigenvalue weighted by atomic mass is 10.2. The fraction of sp³-hybridized carbons (Fsp3) is 0.0714. The van der Waals surface area contributed by atoms with Crippen LogP contribution >= 0.6 is 11.6 Å². The van der Waals surface area contributed by atoms with E-state index >= 15 is 0 Å². The van der Waals surface area contributed by atoms with E-state index in [4.69, 9.17) is 11.6 Å². The Bertz CT molecular complexity index is 827. The van der Waals surface area contributed by atoms with Crippen molar-refractivity contribution in [3.63, 3.8) is 0 Å². The molecule has 0 amide bonds. The van der Waals surface area contributed by atoms with Crippen molar-refractivity contribution in [1.29, 1.82) is 0 Å². The van der Waals surface area contributed by atoms with Crippen molar-refractivity contribution in [2.45, 2.75) is 6.54 Å². The van der Waals surface area contributed by atoms with Crippen molar-refractivity contribution in [1.82, 2.24) is 15.0 Å². The molecule has 0 radical (unpaired) electrons. The first kappa shape index (κ1) is 12.7. The molecular weight excluding hydrogens is 281 g/mol. The topological polar surface area (TPSA) is 47.8 Å². The molecule has 0 N–H and O–H groups in total. The smallest absolute Gasteiger partial charge is 0.267 e. The van der Waals surface area contributed by atoms with Gasteiger partial charge in [0.15, 0.2) is 0 Å². The third-order valence-corrected chi connectivity index (χ3v) is 3.35. The highest BCUT2D eigenvalue weighted by molar-refractivity contribution is 6.31. The van der Waals surface area contributed by atoms with Crippen LogP contribution in [0.2, 0.25) is 5.02 Å². The van der Waals surface area contributed by atoms with Crippen molar-refractivity contribution in [3.05, 3.63) is 69.2 Å². The molecule has 20 heavy (non-hydrogen) atoms. The molecule has 0 fully saturated rings. The van der Waals surface area contributed by atoms with Crippen molar-refractivity contribution in [2.75, 3.05) is 0 Å². The Morgan fingerprint density at radius 3 is 2.75 bits per heavy atom. The minimum absolute atomic E-state index is 0.0534. The number of aromatic nitrogens is 3. The van der Waals surface area contributed by atoms with Crippen LogP contribution < -0.4 is 5.56 Å². The van der Waals surface area contributed by atoms with Crippen molar-refractivity contribution in [3.8, 4) is 0 Å². The van der Waals surface area contributed by atoms with Crippen LogP contribution in [0.5, 0.6) is 0 Å². The lowest BCUT2D eigenvalue weighted by Crippen LogP contribution is -2.25. The molecule has 0 aliphatic carbocycles. The largest absolute Gasteiger partial charge is 0.277 e. The number of fused-ring (bicyclic) bond motifs is 1. The average Bonchev–Trinajstić information content (AvgIpc) is 2.45. The van der Waals surface area contributed by atoms with Crippen LogP contribution in [0.25, 0.3) is 10.9 Å². The number of benzene rings is 2. The van der Waals surface area contributed by atoms with Crippen LogP contribution in [0.3, 0.4) is 0 Å². The van der Waals surface area contributed by atoms with Crippen LogP contribution in [0.15, 0.2) is 47.3 Å². The lowest BCUT2D eigenvalue weighted by Gasteiger charge is -2.07. The van der Waals surface area contributed by atoms with Gasteiger partial charge in [-0.2, -0.15) is 0 Å². The van der Waals surface area contributed by atoms with Gasteiger partial charge in [-0.15, -0.1) is 5.10 Å². The van der Waals surface area contributed by atoms with E-state index in [0.717, 1.165) is 4.68 Å². The molecule has 0 unspecified atom stereocenters. The average molecular weight is 290 g/mol. The van der Waals surface area contributed by atoms with Crippen molar-refractivity contribution in [2.24, 2.45) is 0 Å². The Labute approximate surface area is 118 Å². The van der Waals surface area contributed by atoms with Gasteiger partial charge in [-0.3, -0.25) is 4.79 Å². The van der Waals surface area contributed by atoms with E-state index in [0.29, 0.717) is 10.9 Å². The molecule has 1 aromatic heterocycles. The van der Waals surface area contributed by atoms with E-state index in [1.54, 1.807) is 30.3 Å². The highest BCUT2D eigenvalue weighted by atomic mass is 35.5. The molecule has 0 atom stereocenters. The Hall–Kier alpha value is -2.27. The Balaban J connectivity index is 2.12. The monoisotopic (exact) mass is 289 g/mol. The number of hydrogen-bond acceptors (Lipinski definition) is 3. The Morgan fingerprint density at radius 2 is 1.95 bits per heavy atom. The van der Waals surface area contributed by atoms with Crippen LogP contribution in [0.1, 0.15) is 5.56 Å². The van der Waals surface area contributed by atoms with Gasteiger partial charge in [-0.1, -0.05) is 35.0 Å². The summed E-state index contributed by atoms with van der Waals surface area (Å²) in [6.07, 6.45) is 0. The summed E-state index contributed by atoms with van der Waals surface area (Å²) in [6.45, 7) is -0.0534. The zero-order valence-corrected chi connectivity index (χ0v) is 11.0. The zero-order chi connectivity index (χ0) is 14.1. The molecule has 0 saturated carbocycles. The van der Waals surface area contributed by atoms with Gasteiger partial charge < -0.3 is 0 Å². The maximum absolute atomic E-state index is 13.7. The molecule has 3 aromatic rings. The normalized spacial score (nSPS) is 10.9.